The van der Waals surface area contributed by atoms with Gasteiger partial charge < -0.3 is 9.73 Å². The molecular formula is C18H17N3O3. The maximum Gasteiger partial charge on any atom is 0.254 e. The fraction of sp³-hybridized carbons (Fsp3) is 0.167. The molecule has 3 rings (SSSR count). The van der Waals surface area contributed by atoms with E-state index >= 15 is 0 Å². The van der Waals surface area contributed by atoms with E-state index in [9.17, 15) is 9.59 Å². The van der Waals surface area contributed by atoms with Crippen LogP contribution in [-0.4, -0.2) is 15.5 Å². The topological polar surface area (TPSA) is 77.1 Å². The van der Waals surface area contributed by atoms with Gasteiger partial charge in [-0.05, 0) is 37.6 Å². The molecule has 0 saturated carbocycles. The molecule has 0 unspecified atom stereocenters. The van der Waals surface area contributed by atoms with Gasteiger partial charge in [0.2, 0.25) is 5.91 Å². The van der Waals surface area contributed by atoms with E-state index in [1.54, 1.807) is 12.1 Å². The van der Waals surface area contributed by atoms with Crippen LogP contribution in [0.25, 0.3) is 11.5 Å². The number of carbonyl (C=O) groups excluding carboxylic acids is 1. The highest BCUT2D eigenvalue weighted by Crippen LogP contribution is 2.16. The van der Waals surface area contributed by atoms with Crippen molar-refractivity contribution in [2.75, 3.05) is 5.32 Å². The number of aryl methyl sites for hydroxylation is 2. The van der Waals surface area contributed by atoms with Crippen LogP contribution in [0.15, 0.2) is 58.2 Å². The van der Waals surface area contributed by atoms with Gasteiger partial charge in [0, 0.05) is 11.8 Å². The number of anilines is 1. The zero-order valence-electron chi connectivity index (χ0n) is 13.4. The third-order valence-electron chi connectivity index (χ3n) is 3.62. The number of aromatic nitrogens is 2. The van der Waals surface area contributed by atoms with E-state index in [1.807, 2.05) is 32.0 Å². The largest absolute Gasteiger partial charge is 0.463 e. The van der Waals surface area contributed by atoms with Crippen LogP contribution in [0.1, 0.15) is 11.1 Å². The van der Waals surface area contributed by atoms with Gasteiger partial charge in [0.1, 0.15) is 12.2 Å². The molecule has 2 aromatic heterocycles. The summed E-state index contributed by atoms with van der Waals surface area (Å²) in [6, 6.07) is 10.6. The van der Waals surface area contributed by atoms with Gasteiger partial charge in [-0.3, -0.25) is 14.2 Å². The van der Waals surface area contributed by atoms with Crippen LogP contribution in [0.5, 0.6) is 0 Å². The fourth-order valence-corrected chi connectivity index (χ4v) is 2.40. The van der Waals surface area contributed by atoms with Crippen LogP contribution in [-0.2, 0) is 11.3 Å². The summed E-state index contributed by atoms with van der Waals surface area (Å²) in [5.74, 6) is 0.232. The summed E-state index contributed by atoms with van der Waals surface area (Å²) in [7, 11) is 0. The van der Waals surface area contributed by atoms with Crippen LogP contribution < -0.4 is 10.9 Å². The van der Waals surface area contributed by atoms with E-state index in [0.29, 0.717) is 11.5 Å². The molecule has 0 aliphatic carbocycles. The first-order valence-electron chi connectivity index (χ1n) is 7.50. The molecule has 0 atom stereocenters. The van der Waals surface area contributed by atoms with Crippen molar-refractivity contribution in [1.82, 2.24) is 9.55 Å². The first kappa shape index (κ1) is 15.7. The van der Waals surface area contributed by atoms with E-state index < -0.39 is 0 Å². The molecule has 1 N–H and O–H groups in total. The number of furan rings is 1. The van der Waals surface area contributed by atoms with Gasteiger partial charge in [0.15, 0.2) is 5.76 Å². The Morgan fingerprint density at radius 1 is 1.25 bits per heavy atom. The first-order chi connectivity index (χ1) is 11.5. The highest BCUT2D eigenvalue weighted by Gasteiger charge is 2.09. The number of hydrogen-bond acceptors (Lipinski definition) is 4. The minimum absolute atomic E-state index is 0.0996. The van der Waals surface area contributed by atoms with E-state index in [0.717, 1.165) is 16.8 Å². The lowest BCUT2D eigenvalue weighted by atomic mass is 10.1. The Balaban J connectivity index is 1.74. The predicted molar refractivity (Wildman–Crippen MR) is 90.7 cm³/mol. The zero-order chi connectivity index (χ0) is 17.1. The first-order valence-corrected chi connectivity index (χ1v) is 7.50. The van der Waals surface area contributed by atoms with Gasteiger partial charge in [0.05, 0.1) is 12.6 Å². The van der Waals surface area contributed by atoms with Crippen LogP contribution in [0.3, 0.4) is 0 Å². The molecule has 122 valence electrons. The molecule has 1 aromatic carbocycles. The molecule has 0 aliphatic rings. The van der Waals surface area contributed by atoms with Gasteiger partial charge in [-0.15, -0.1) is 0 Å². The van der Waals surface area contributed by atoms with Crippen molar-refractivity contribution in [3.05, 3.63) is 70.5 Å². The van der Waals surface area contributed by atoms with Gasteiger partial charge in [0.25, 0.3) is 5.56 Å². The molecule has 0 saturated heterocycles. The molecular weight excluding hydrogens is 306 g/mol. The molecule has 0 aliphatic heterocycles. The summed E-state index contributed by atoms with van der Waals surface area (Å²) in [5, 5.41) is 2.81. The minimum atomic E-state index is -0.313. The molecule has 0 radical (unpaired) electrons. The summed E-state index contributed by atoms with van der Waals surface area (Å²) in [6.45, 7) is 3.82. The smallest absolute Gasteiger partial charge is 0.254 e. The average Bonchev–Trinajstić information content (AvgIpc) is 3.06. The summed E-state index contributed by atoms with van der Waals surface area (Å²) in [5.41, 5.74) is 2.96. The SMILES string of the molecule is Cc1ccc(NC(=O)Cn2cnc(-c3ccco3)cc2=O)c(C)c1. The van der Waals surface area contributed by atoms with E-state index in [1.165, 1.54) is 23.2 Å². The maximum absolute atomic E-state index is 12.2. The second-order valence-corrected chi connectivity index (χ2v) is 5.58. The Hall–Kier alpha value is -3.15. The van der Waals surface area contributed by atoms with Crippen molar-refractivity contribution < 1.29 is 9.21 Å². The number of amides is 1. The number of nitrogens with zero attached hydrogens (tertiary/aromatic N) is 2. The molecule has 6 nitrogen and oxygen atoms in total. The van der Waals surface area contributed by atoms with Gasteiger partial charge >= 0.3 is 0 Å². The van der Waals surface area contributed by atoms with Crippen molar-refractivity contribution in [3.63, 3.8) is 0 Å². The zero-order valence-corrected chi connectivity index (χ0v) is 13.4. The average molecular weight is 323 g/mol. The molecule has 2 heterocycles. The minimum Gasteiger partial charge on any atom is -0.463 e. The number of rotatable bonds is 4. The summed E-state index contributed by atoms with van der Waals surface area (Å²) < 4.78 is 6.46. The molecule has 3 aromatic rings. The number of carbonyl (C=O) groups is 1. The number of nitrogens with one attached hydrogen (secondary N) is 1. The Bertz CT molecular complexity index is 927. The number of benzene rings is 1. The quantitative estimate of drug-likeness (QED) is 0.801. The lowest BCUT2D eigenvalue weighted by Crippen LogP contribution is -2.27. The normalized spacial score (nSPS) is 10.6. The lowest BCUT2D eigenvalue weighted by Gasteiger charge is -2.10. The molecule has 0 bridgehead atoms. The Labute approximate surface area is 138 Å². The predicted octanol–water partition coefficient (Wildman–Crippen LogP) is 2.76. The summed E-state index contributed by atoms with van der Waals surface area (Å²) >= 11 is 0. The lowest BCUT2D eigenvalue weighted by molar-refractivity contribution is -0.116. The van der Waals surface area contributed by atoms with E-state index in [-0.39, 0.29) is 18.0 Å². The third kappa shape index (κ3) is 3.43. The third-order valence-corrected chi connectivity index (χ3v) is 3.62. The van der Waals surface area contributed by atoms with Crippen molar-refractivity contribution in [2.24, 2.45) is 0 Å². The Morgan fingerprint density at radius 2 is 2.08 bits per heavy atom. The number of hydrogen-bond donors (Lipinski definition) is 1. The molecule has 0 fully saturated rings. The highest BCUT2D eigenvalue weighted by atomic mass is 16.3. The monoisotopic (exact) mass is 323 g/mol. The van der Waals surface area contributed by atoms with Crippen molar-refractivity contribution in [3.8, 4) is 11.5 Å². The highest BCUT2D eigenvalue weighted by molar-refractivity contribution is 5.91. The van der Waals surface area contributed by atoms with Crippen molar-refractivity contribution >= 4 is 11.6 Å². The van der Waals surface area contributed by atoms with Crippen LogP contribution in [0, 0.1) is 13.8 Å². The molecule has 1 amide bonds. The standard InChI is InChI=1S/C18H17N3O3/c1-12-5-6-14(13(2)8-12)20-17(22)10-21-11-19-15(9-18(21)23)16-4-3-7-24-16/h3-9,11H,10H2,1-2H3,(H,20,22). The van der Waals surface area contributed by atoms with Gasteiger partial charge in [-0.25, -0.2) is 4.98 Å². The molecule has 6 heteroatoms. The van der Waals surface area contributed by atoms with Gasteiger partial charge in [-0.1, -0.05) is 17.7 Å². The van der Waals surface area contributed by atoms with Crippen molar-refractivity contribution in [2.45, 2.75) is 20.4 Å². The summed E-state index contributed by atoms with van der Waals surface area (Å²) in [4.78, 5) is 28.5. The van der Waals surface area contributed by atoms with Gasteiger partial charge in [-0.2, -0.15) is 0 Å². The van der Waals surface area contributed by atoms with Crippen LogP contribution in [0.2, 0.25) is 0 Å². The maximum atomic E-state index is 12.2. The van der Waals surface area contributed by atoms with Crippen LogP contribution >= 0.6 is 0 Å². The van der Waals surface area contributed by atoms with Crippen molar-refractivity contribution in [1.29, 1.82) is 0 Å². The fourth-order valence-electron chi connectivity index (χ4n) is 2.40. The molecule has 24 heavy (non-hydrogen) atoms. The second kappa shape index (κ2) is 6.54. The second-order valence-electron chi connectivity index (χ2n) is 5.58. The van der Waals surface area contributed by atoms with Crippen LogP contribution in [0.4, 0.5) is 5.69 Å². The molecule has 0 spiro atoms. The Morgan fingerprint density at radius 3 is 2.75 bits per heavy atom. The van der Waals surface area contributed by atoms with E-state index in [2.05, 4.69) is 10.3 Å². The van der Waals surface area contributed by atoms with E-state index in [4.69, 9.17) is 4.42 Å². The summed E-state index contributed by atoms with van der Waals surface area (Å²) in [6.07, 6.45) is 2.86. The Kier molecular flexibility index (Phi) is 4.29.